The van der Waals surface area contributed by atoms with Gasteiger partial charge in [-0.3, -0.25) is 0 Å². The zero-order chi connectivity index (χ0) is 15.6. The molecule has 0 heterocycles. The summed E-state index contributed by atoms with van der Waals surface area (Å²) in [5, 5.41) is 2.99. The Balaban J connectivity index is 2.58. The Morgan fingerprint density at radius 3 is 2.55 bits per heavy atom. The molecule has 20 heavy (non-hydrogen) atoms. The normalized spacial score (nSPS) is 32.5. The minimum Gasteiger partial charge on any atom is -0.444 e. The summed E-state index contributed by atoms with van der Waals surface area (Å²) in [5.41, 5.74) is -0.447. The average Bonchev–Trinajstić information content (AvgIpc) is 2.25. The predicted octanol–water partition coefficient (Wildman–Crippen LogP) is 5.01. The zero-order valence-corrected chi connectivity index (χ0v) is 16.3. The summed E-state index contributed by atoms with van der Waals surface area (Å²) in [7, 11) is 0. The third kappa shape index (κ3) is 5.92. The van der Waals surface area contributed by atoms with Crippen molar-refractivity contribution in [1.82, 2.24) is 5.32 Å². The SMILES string of the molecule is CCC1(Br)CC(Br)C[C@H](C(C)NC(=O)OC(C)(C)C)C1. The molecule has 1 rings (SSSR count). The van der Waals surface area contributed by atoms with Gasteiger partial charge in [0.25, 0.3) is 0 Å². The Bertz CT molecular complexity index is 343. The molecule has 1 amide bonds. The van der Waals surface area contributed by atoms with E-state index in [-0.39, 0.29) is 16.5 Å². The molecule has 0 aromatic carbocycles. The minimum absolute atomic E-state index is 0.119. The van der Waals surface area contributed by atoms with Crippen molar-refractivity contribution < 1.29 is 9.53 Å². The summed E-state index contributed by atoms with van der Waals surface area (Å²) in [6, 6.07) is 0.119. The summed E-state index contributed by atoms with van der Waals surface area (Å²) >= 11 is 7.64. The standard InChI is InChI=1S/C15H27Br2NO2/c1-6-15(17)8-11(7-12(16)9-15)10(2)18-13(19)20-14(3,4)5/h10-12H,6-9H2,1-5H3,(H,18,19)/t10?,11-,12?,15?/m0/s1. The number of carbonyl (C=O) groups excluding carboxylic acids is 1. The molecule has 3 nitrogen and oxygen atoms in total. The zero-order valence-electron chi connectivity index (χ0n) is 13.1. The summed E-state index contributed by atoms with van der Waals surface area (Å²) in [4.78, 5) is 12.4. The molecule has 0 aromatic heterocycles. The average molecular weight is 413 g/mol. The summed E-state index contributed by atoms with van der Waals surface area (Å²) in [6.45, 7) is 9.93. The molecule has 5 heteroatoms. The first-order valence-corrected chi connectivity index (χ1v) is 9.08. The van der Waals surface area contributed by atoms with Crippen molar-refractivity contribution >= 4 is 38.0 Å². The van der Waals surface area contributed by atoms with E-state index in [1.165, 1.54) is 0 Å². The highest BCUT2D eigenvalue weighted by atomic mass is 79.9. The van der Waals surface area contributed by atoms with Crippen LogP contribution in [0.3, 0.4) is 0 Å². The molecule has 1 saturated carbocycles. The molecule has 1 fully saturated rings. The molecule has 0 aliphatic heterocycles. The van der Waals surface area contributed by atoms with Gasteiger partial charge in [0.15, 0.2) is 0 Å². The van der Waals surface area contributed by atoms with Gasteiger partial charge in [-0.15, -0.1) is 0 Å². The van der Waals surface area contributed by atoms with E-state index in [1.807, 2.05) is 20.8 Å². The highest BCUT2D eigenvalue weighted by Crippen LogP contribution is 2.44. The van der Waals surface area contributed by atoms with Crippen LogP contribution in [-0.4, -0.2) is 26.9 Å². The molecule has 4 atom stereocenters. The van der Waals surface area contributed by atoms with Crippen LogP contribution in [0.5, 0.6) is 0 Å². The highest BCUT2D eigenvalue weighted by molar-refractivity contribution is 9.10. The minimum atomic E-state index is -0.447. The Morgan fingerprint density at radius 2 is 2.05 bits per heavy atom. The molecule has 0 aromatic rings. The predicted molar refractivity (Wildman–Crippen MR) is 90.8 cm³/mol. The van der Waals surface area contributed by atoms with E-state index in [0.29, 0.717) is 10.7 Å². The van der Waals surface area contributed by atoms with Crippen molar-refractivity contribution in [2.45, 2.75) is 81.1 Å². The van der Waals surface area contributed by atoms with Crippen LogP contribution in [-0.2, 0) is 4.74 Å². The van der Waals surface area contributed by atoms with Crippen molar-refractivity contribution in [2.75, 3.05) is 0 Å². The van der Waals surface area contributed by atoms with Crippen molar-refractivity contribution in [2.24, 2.45) is 5.92 Å². The Morgan fingerprint density at radius 1 is 1.45 bits per heavy atom. The first-order chi connectivity index (χ1) is 9.04. The van der Waals surface area contributed by atoms with Gasteiger partial charge >= 0.3 is 6.09 Å². The second-order valence-electron chi connectivity index (χ2n) is 6.94. The van der Waals surface area contributed by atoms with Crippen LogP contribution in [0.15, 0.2) is 0 Å². The van der Waals surface area contributed by atoms with Crippen molar-refractivity contribution in [3.8, 4) is 0 Å². The van der Waals surface area contributed by atoms with Gasteiger partial charge in [0, 0.05) is 15.2 Å². The smallest absolute Gasteiger partial charge is 0.407 e. The van der Waals surface area contributed by atoms with Crippen LogP contribution >= 0.6 is 31.9 Å². The Labute approximate surface area is 139 Å². The lowest BCUT2D eigenvalue weighted by Gasteiger charge is -2.41. The third-order valence-corrected chi connectivity index (χ3v) is 5.76. The lowest BCUT2D eigenvalue weighted by molar-refractivity contribution is 0.0481. The molecule has 1 N–H and O–H groups in total. The molecule has 0 saturated heterocycles. The van der Waals surface area contributed by atoms with Gasteiger partial charge in [-0.2, -0.15) is 0 Å². The Kier molecular flexibility index (Phi) is 6.39. The number of nitrogens with one attached hydrogen (secondary N) is 1. The molecular formula is C15H27Br2NO2. The van der Waals surface area contributed by atoms with Crippen LogP contribution in [0, 0.1) is 5.92 Å². The number of hydrogen-bond donors (Lipinski definition) is 1. The number of ether oxygens (including phenoxy) is 1. The summed E-state index contributed by atoms with van der Waals surface area (Å²) < 4.78 is 5.52. The fourth-order valence-corrected chi connectivity index (χ4v) is 5.07. The van der Waals surface area contributed by atoms with E-state index < -0.39 is 5.60 Å². The maximum absolute atomic E-state index is 11.9. The molecular weight excluding hydrogens is 386 g/mol. The van der Waals surface area contributed by atoms with E-state index in [2.05, 4.69) is 51.0 Å². The topological polar surface area (TPSA) is 38.3 Å². The summed E-state index contributed by atoms with van der Waals surface area (Å²) in [5.74, 6) is 0.458. The number of alkyl halides is 2. The number of halogens is 2. The first kappa shape index (κ1) is 18.3. The molecule has 1 aliphatic carbocycles. The lowest BCUT2D eigenvalue weighted by Crippen LogP contribution is -2.46. The molecule has 118 valence electrons. The van der Waals surface area contributed by atoms with Crippen LogP contribution in [0.1, 0.15) is 60.3 Å². The van der Waals surface area contributed by atoms with Crippen LogP contribution in [0.25, 0.3) is 0 Å². The van der Waals surface area contributed by atoms with E-state index in [0.717, 1.165) is 25.7 Å². The monoisotopic (exact) mass is 411 g/mol. The number of amides is 1. The fourth-order valence-electron chi connectivity index (χ4n) is 2.73. The number of carbonyl (C=O) groups is 1. The fraction of sp³-hybridized carbons (Fsp3) is 0.933. The number of rotatable bonds is 3. The van der Waals surface area contributed by atoms with Gasteiger partial charge < -0.3 is 10.1 Å². The third-order valence-electron chi connectivity index (χ3n) is 3.86. The van der Waals surface area contributed by atoms with Gasteiger partial charge in [0.05, 0.1) is 0 Å². The maximum Gasteiger partial charge on any atom is 0.407 e. The quantitative estimate of drug-likeness (QED) is 0.661. The van der Waals surface area contributed by atoms with E-state index in [1.54, 1.807) is 0 Å². The second kappa shape index (κ2) is 6.99. The van der Waals surface area contributed by atoms with Gasteiger partial charge in [0.1, 0.15) is 5.60 Å². The highest BCUT2D eigenvalue weighted by Gasteiger charge is 2.39. The maximum atomic E-state index is 11.9. The molecule has 0 radical (unpaired) electrons. The second-order valence-corrected chi connectivity index (χ2v) is 9.92. The Hall–Kier alpha value is 0.230. The largest absolute Gasteiger partial charge is 0.444 e. The first-order valence-electron chi connectivity index (χ1n) is 7.37. The van der Waals surface area contributed by atoms with Gasteiger partial charge in [-0.05, 0) is 59.3 Å². The molecule has 0 spiro atoms. The van der Waals surface area contributed by atoms with E-state index >= 15 is 0 Å². The van der Waals surface area contributed by atoms with Crippen molar-refractivity contribution in [1.29, 1.82) is 0 Å². The summed E-state index contributed by atoms with van der Waals surface area (Å²) in [6.07, 6.45) is 4.09. The number of hydrogen-bond acceptors (Lipinski definition) is 2. The van der Waals surface area contributed by atoms with Gasteiger partial charge in [0.2, 0.25) is 0 Å². The van der Waals surface area contributed by atoms with Crippen LogP contribution in [0.2, 0.25) is 0 Å². The lowest BCUT2D eigenvalue weighted by atomic mass is 9.77. The van der Waals surface area contributed by atoms with Crippen LogP contribution in [0.4, 0.5) is 4.79 Å². The van der Waals surface area contributed by atoms with Gasteiger partial charge in [-0.25, -0.2) is 4.79 Å². The van der Waals surface area contributed by atoms with Crippen molar-refractivity contribution in [3.05, 3.63) is 0 Å². The molecule has 1 aliphatic rings. The van der Waals surface area contributed by atoms with Gasteiger partial charge in [-0.1, -0.05) is 38.8 Å². The van der Waals surface area contributed by atoms with E-state index in [9.17, 15) is 4.79 Å². The van der Waals surface area contributed by atoms with Crippen molar-refractivity contribution in [3.63, 3.8) is 0 Å². The van der Waals surface area contributed by atoms with E-state index in [4.69, 9.17) is 4.74 Å². The van der Waals surface area contributed by atoms with Crippen LogP contribution < -0.4 is 5.32 Å². The molecule has 0 bridgehead atoms. The molecule has 3 unspecified atom stereocenters. The number of alkyl carbamates (subject to hydrolysis) is 1.